The smallest absolute Gasteiger partial charge is 0.317 e. The highest BCUT2D eigenvalue weighted by Crippen LogP contribution is 2.17. The first kappa shape index (κ1) is 15.1. The van der Waals surface area contributed by atoms with Crippen LogP contribution >= 0.6 is 0 Å². The zero-order valence-corrected chi connectivity index (χ0v) is 12.5. The molecule has 5 nitrogen and oxygen atoms in total. The van der Waals surface area contributed by atoms with Crippen molar-refractivity contribution in [2.45, 2.75) is 57.9 Å². The lowest BCUT2D eigenvalue weighted by molar-refractivity contribution is -0.121. The number of rotatable bonds is 4. The SMILES string of the molecule is CC1CCCN(C(=O)NCCC(=O)NC2CCCC2)C1. The highest BCUT2D eigenvalue weighted by molar-refractivity contribution is 5.78. The zero-order chi connectivity index (χ0) is 14.4. The predicted molar refractivity (Wildman–Crippen MR) is 78.4 cm³/mol. The second-order valence-electron chi connectivity index (χ2n) is 6.22. The number of likely N-dealkylation sites (tertiary alicyclic amines) is 1. The molecule has 0 aromatic rings. The molecule has 0 aromatic carbocycles. The Bertz CT molecular complexity index is 340. The molecule has 0 aromatic heterocycles. The van der Waals surface area contributed by atoms with Crippen molar-refractivity contribution in [3.63, 3.8) is 0 Å². The maximum Gasteiger partial charge on any atom is 0.317 e. The third kappa shape index (κ3) is 4.69. The molecule has 2 aliphatic rings. The quantitative estimate of drug-likeness (QED) is 0.826. The summed E-state index contributed by atoms with van der Waals surface area (Å²) in [7, 11) is 0. The summed E-state index contributed by atoms with van der Waals surface area (Å²) >= 11 is 0. The fourth-order valence-electron chi connectivity index (χ4n) is 3.14. The van der Waals surface area contributed by atoms with Gasteiger partial charge in [0, 0.05) is 32.1 Å². The fraction of sp³-hybridized carbons (Fsp3) is 0.867. The fourth-order valence-corrected chi connectivity index (χ4v) is 3.14. The van der Waals surface area contributed by atoms with E-state index in [0.717, 1.165) is 32.4 Å². The Morgan fingerprint density at radius 1 is 1.15 bits per heavy atom. The highest BCUT2D eigenvalue weighted by Gasteiger charge is 2.21. The van der Waals surface area contributed by atoms with E-state index in [1.54, 1.807) is 0 Å². The Kier molecular flexibility index (Phi) is 5.68. The Labute approximate surface area is 121 Å². The molecule has 20 heavy (non-hydrogen) atoms. The molecule has 1 saturated heterocycles. The summed E-state index contributed by atoms with van der Waals surface area (Å²) in [6.07, 6.45) is 7.30. The molecule has 0 bridgehead atoms. The molecule has 3 amide bonds. The number of piperidine rings is 1. The van der Waals surface area contributed by atoms with Gasteiger partial charge in [-0.3, -0.25) is 4.79 Å². The van der Waals surface area contributed by atoms with Gasteiger partial charge in [0.1, 0.15) is 0 Å². The van der Waals surface area contributed by atoms with Gasteiger partial charge in [-0.25, -0.2) is 4.79 Å². The maximum absolute atomic E-state index is 12.0. The van der Waals surface area contributed by atoms with E-state index in [9.17, 15) is 9.59 Å². The lowest BCUT2D eigenvalue weighted by Gasteiger charge is -2.30. The van der Waals surface area contributed by atoms with Crippen LogP contribution in [0, 0.1) is 5.92 Å². The summed E-state index contributed by atoms with van der Waals surface area (Å²) in [6, 6.07) is 0.339. The van der Waals surface area contributed by atoms with Crippen LogP contribution in [-0.4, -0.2) is 42.5 Å². The van der Waals surface area contributed by atoms with E-state index < -0.39 is 0 Å². The highest BCUT2D eigenvalue weighted by atomic mass is 16.2. The molecule has 2 fully saturated rings. The molecule has 0 spiro atoms. The number of urea groups is 1. The zero-order valence-electron chi connectivity index (χ0n) is 12.5. The van der Waals surface area contributed by atoms with Crippen LogP contribution in [0.15, 0.2) is 0 Å². The van der Waals surface area contributed by atoms with Crippen molar-refractivity contribution < 1.29 is 9.59 Å². The second kappa shape index (κ2) is 7.50. The number of nitrogens with one attached hydrogen (secondary N) is 2. The number of hydrogen-bond acceptors (Lipinski definition) is 2. The van der Waals surface area contributed by atoms with Crippen molar-refractivity contribution in [3.05, 3.63) is 0 Å². The van der Waals surface area contributed by atoms with Gasteiger partial charge in [0.2, 0.25) is 5.91 Å². The largest absolute Gasteiger partial charge is 0.353 e. The molecule has 2 N–H and O–H groups in total. The Morgan fingerprint density at radius 2 is 1.90 bits per heavy atom. The van der Waals surface area contributed by atoms with Gasteiger partial charge in [-0.05, 0) is 31.6 Å². The number of hydrogen-bond donors (Lipinski definition) is 2. The van der Waals surface area contributed by atoms with Crippen LogP contribution in [0.25, 0.3) is 0 Å². The molecule has 1 aliphatic carbocycles. The normalized spacial score (nSPS) is 23.6. The maximum atomic E-state index is 12.0. The van der Waals surface area contributed by atoms with Gasteiger partial charge in [0.15, 0.2) is 0 Å². The molecule has 5 heteroatoms. The third-order valence-corrected chi connectivity index (χ3v) is 4.29. The van der Waals surface area contributed by atoms with E-state index in [1.165, 1.54) is 19.3 Å². The van der Waals surface area contributed by atoms with Gasteiger partial charge < -0.3 is 15.5 Å². The second-order valence-corrected chi connectivity index (χ2v) is 6.22. The third-order valence-electron chi connectivity index (χ3n) is 4.29. The molecule has 1 unspecified atom stereocenters. The minimum absolute atomic E-state index is 0.0229. The van der Waals surface area contributed by atoms with Gasteiger partial charge in [-0.1, -0.05) is 19.8 Å². The average molecular weight is 281 g/mol. The summed E-state index contributed by atoms with van der Waals surface area (Å²) in [5, 5.41) is 5.89. The van der Waals surface area contributed by atoms with Crippen molar-refractivity contribution >= 4 is 11.9 Å². The van der Waals surface area contributed by atoms with E-state index in [0.29, 0.717) is 24.9 Å². The Morgan fingerprint density at radius 3 is 2.60 bits per heavy atom. The van der Waals surface area contributed by atoms with Crippen molar-refractivity contribution in [2.75, 3.05) is 19.6 Å². The molecule has 1 heterocycles. The van der Waals surface area contributed by atoms with Crippen LogP contribution in [-0.2, 0) is 4.79 Å². The van der Waals surface area contributed by atoms with Crippen molar-refractivity contribution in [1.82, 2.24) is 15.5 Å². The van der Waals surface area contributed by atoms with Gasteiger partial charge in [-0.15, -0.1) is 0 Å². The molecule has 1 saturated carbocycles. The lowest BCUT2D eigenvalue weighted by atomic mass is 10.0. The van der Waals surface area contributed by atoms with E-state index in [2.05, 4.69) is 17.6 Å². The number of carbonyl (C=O) groups excluding carboxylic acids is 2. The van der Waals surface area contributed by atoms with Crippen LogP contribution in [0.1, 0.15) is 51.9 Å². The standard InChI is InChI=1S/C15H27N3O2/c1-12-5-4-10-18(11-12)15(20)16-9-8-14(19)17-13-6-2-3-7-13/h12-13H,2-11H2,1H3,(H,16,20)(H,17,19). The summed E-state index contributed by atoms with van der Waals surface area (Å²) < 4.78 is 0. The number of carbonyl (C=O) groups is 2. The minimum Gasteiger partial charge on any atom is -0.353 e. The van der Waals surface area contributed by atoms with Crippen LogP contribution in [0.2, 0.25) is 0 Å². The van der Waals surface area contributed by atoms with Crippen LogP contribution in [0.3, 0.4) is 0 Å². The average Bonchev–Trinajstić information content (AvgIpc) is 2.91. The molecular formula is C15H27N3O2. The van der Waals surface area contributed by atoms with Crippen molar-refractivity contribution in [3.8, 4) is 0 Å². The topological polar surface area (TPSA) is 61.4 Å². The Balaban J connectivity index is 1.59. The number of nitrogens with zero attached hydrogens (tertiary/aromatic N) is 1. The van der Waals surface area contributed by atoms with Crippen molar-refractivity contribution in [2.24, 2.45) is 5.92 Å². The molecule has 1 atom stereocenters. The van der Waals surface area contributed by atoms with Gasteiger partial charge in [-0.2, -0.15) is 0 Å². The van der Waals surface area contributed by atoms with Crippen LogP contribution in [0.4, 0.5) is 4.79 Å². The molecule has 1 aliphatic heterocycles. The summed E-state index contributed by atoms with van der Waals surface area (Å²) in [5.74, 6) is 0.643. The molecular weight excluding hydrogens is 254 g/mol. The summed E-state index contributed by atoms with van der Waals surface area (Å²) in [4.78, 5) is 25.5. The molecule has 0 radical (unpaired) electrons. The van der Waals surface area contributed by atoms with E-state index in [1.807, 2.05) is 4.90 Å². The lowest BCUT2D eigenvalue weighted by Crippen LogP contribution is -2.46. The number of amides is 3. The van der Waals surface area contributed by atoms with Gasteiger partial charge >= 0.3 is 6.03 Å². The Hall–Kier alpha value is -1.26. The van der Waals surface area contributed by atoms with Crippen molar-refractivity contribution in [1.29, 1.82) is 0 Å². The first-order chi connectivity index (χ1) is 9.65. The monoisotopic (exact) mass is 281 g/mol. The molecule has 2 rings (SSSR count). The van der Waals surface area contributed by atoms with E-state index in [4.69, 9.17) is 0 Å². The minimum atomic E-state index is -0.0229. The molecule has 114 valence electrons. The van der Waals surface area contributed by atoms with E-state index in [-0.39, 0.29) is 11.9 Å². The van der Waals surface area contributed by atoms with Gasteiger partial charge in [0.25, 0.3) is 0 Å². The van der Waals surface area contributed by atoms with Gasteiger partial charge in [0.05, 0.1) is 0 Å². The summed E-state index contributed by atoms with van der Waals surface area (Å²) in [5.41, 5.74) is 0. The predicted octanol–water partition coefficient (Wildman–Crippen LogP) is 1.88. The van der Waals surface area contributed by atoms with Crippen LogP contribution in [0.5, 0.6) is 0 Å². The van der Waals surface area contributed by atoms with Crippen LogP contribution < -0.4 is 10.6 Å². The summed E-state index contributed by atoms with van der Waals surface area (Å²) in [6.45, 7) is 4.28. The first-order valence-corrected chi connectivity index (χ1v) is 7.97. The first-order valence-electron chi connectivity index (χ1n) is 7.97. The van der Waals surface area contributed by atoms with E-state index >= 15 is 0 Å².